The fourth-order valence-corrected chi connectivity index (χ4v) is 8.05. The minimum atomic E-state index is -1.43. The van der Waals surface area contributed by atoms with E-state index in [0.717, 1.165) is 47.1 Å². The van der Waals surface area contributed by atoms with E-state index < -0.39 is 48.4 Å². The number of hydrogen-bond acceptors (Lipinski definition) is 9. The maximum Gasteiger partial charge on any atom is 0.303 e. The number of carboxylic acid groups (broad SMARTS) is 1. The highest BCUT2D eigenvalue weighted by atomic mass is 16.4. The van der Waals surface area contributed by atoms with Gasteiger partial charge in [-0.3, -0.25) is 4.79 Å². The van der Waals surface area contributed by atoms with Gasteiger partial charge in [0.15, 0.2) is 0 Å². The summed E-state index contributed by atoms with van der Waals surface area (Å²) in [5, 5.41) is 82.0. The van der Waals surface area contributed by atoms with Crippen LogP contribution in [0.25, 0.3) is 0 Å². The summed E-state index contributed by atoms with van der Waals surface area (Å²) in [7, 11) is 0. The summed E-state index contributed by atoms with van der Waals surface area (Å²) in [6, 6.07) is 13.8. The van der Waals surface area contributed by atoms with Crippen LogP contribution < -0.4 is 10.6 Å². The Bertz CT molecular complexity index is 1590. The normalized spacial score (nSPS) is 19.6. The smallest absolute Gasteiger partial charge is 0.303 e. The van der Waals surface area contributed by atoms with Crippen LogP contribution in [0.1, 0.15) is 133 Å². The molecule has 0 spiro atoms. The molecule has 10 heteroatoms. The van der Waals surface area contributed by atoms with E-state index in [-0.39, 0.29) is 37.7 Å². The van der Waals surface area contributed by atoms with E-state index in [0.29, 0.717) is 64.3 Å². The minimum Gasteiger partial charge on any atom is -0.508 e. The maximum atomic E-state index is 12.8. The van der Waals surface area contributed by atoms with E-state index in [2.05, 4.69) is 35.5 Å². The van der Waals surface area contributed by atoms with Gasteiger partial charge in [0.2, 0.25) is 0 Å². The Hall–Kier alpha value is -3.53. The van der Waals surface area contributed by atoms with Gasteiger partial charge in [0.05, 0.1) is 24.4 Å². The van der Waals surface area contributed by atoms with Gasteiger partial charge < -0.3 is 46.4 Å². The van der Waals surface area contributed by atoms with E-state index in [1.165, 1.54) is 0 Å². The van der Waals surface area contributed by atoms with E-state index in [4.69, 9.17) is 0 Å². The molecule has 10 nitrogen and oxygen atoms in total. The Morgan fingerprint density at radius 1 is 0.982 bits per heavy atom. The number of allylic oxidation sites excluding steroid dienone is 2. The molecule has 0 saturated heterocycles. The summed E-state index contributed by atoms with van der Waals surface area (Å²) in [6.07, 6.45) is 10.8. The van der Waals surface area contributed by atoms with Gasteiger partial charge in [-0.15, -0.1) is 0 Å². The first-order chi connectivity index (χ1) is 27.4. The standard InChI is InChI=1S/C47H70N2O8/c1-4-6-7-17-39(52)27-23-36-22-21-35-14-9-8-13-34(35)15-10-20-45(47(3,57)43(18-12-31-50)37-24-28-40(53)29-25-37)49-44(42(36)32-41(54)33-51)19-11-16-38(48-5-2)26-30-46(55)56/h8-9,13-14,23-25,27-29,38-39,41,43-45,48-54,57H,4-7,11-12,16-22,26,30-33H2,1-3H3,(H,55,56)/t38-,39+,41+,43-,44+,45-,47+/m1/s1. The second kappa shape index (κ2) is 25.8. The van der Waals surface area contributed by atoms with Gasteiger partial charge in [-0.25, -0.2) is 0 Å². The molecule has 0 unspecified atom stereocenters. The zero-order chi connectivity index (χ0) is 41.6. The molecule has 9 N–H and O–H groups in total. The average Bonchev–Trinajstić information content (AvgIpc) is 3.19. The molecule has 0 saturated carbocycles. The summed E-state index contributed by atoms with van der Waals surface area (Å²) < 4.78 is 0. The van der Waals surface area contributed by atoms with Crippen molar-refractivity contribution in [3.63, 3.8) is 0 Å². The molecular formula is C47H70N2O8. The Morgan fingerprint density at radius 2 is 1.74 bits per heavy atom. The monoisotopic (exact) mass is 791 g/mol. The predicted molar refractivity (Wildman–Crippen MR) is 227 cm³/mol. The highest BCUT2D eigenvalue weighted by Gasteiger charge is 2.41. The lowest BCUT2D eigenvalue weighted by Crippen LogP contribution is -2.56. The van der Waals surface area contributed by atoms with E-state index in [1.807, 2.05) is 37.3 Å². The third-order valence-electron chi connectivity index (χ3n) is 11.3. The number of aliphatic hydroxyl groups excluding tert-OH is 4. The minimum absolute atomic E-state index is 0.0101. The van der Waals surface area contributed by atoms with Crippen molar-refractivity contribution in [2.45, 2.75) is 159 Å². The Labute approximate surface area is 341 Å². The lowest BCUT2D eigenvalue weighted by molar-refractivity contribution is -0.137. The molecule has 0 aromatic heterocycles. The average molecular weight is 791 g/mol. The summed E-state index contributed by atoms with van der Waals surface area (Å²) in [5.74, 6) is 5.60. The molecular weight excluding hydrogens is 721 g/mol. The summed E-state index contributed by atoms with van der Waals surface area (Å²) in [6.45, 7) is 6.13. The zero-order valence-electron chi connectivity index (χ0n) is 34.5. The largest absolute Gasteiger partial charge is 0.508 e. The number of benzene rings is 2. The molecule has 0 radical (unpaired) electrons. The second-order valence-corrected chi connectivity index (χ2v) is 15.8. The van der Waals surface area contributed by atoms with Crippen LogP contribution in [0.15, 0.2) is 71.8 Å². The van der Waals surface area contributed by atoms with Crippen molar-refractivity contribution in [2.75, 3.05) is 19.8 Å². The zero-order valence-corrected chi connectivity index (χ0v) is 34.5. The van der Waals surface area contributed by atoms with Gasteiger partial charge in [-0.05, 0) is 112 Å². The number of nitrogens with one attached hydrogen (secondary N) is 2. The van der Waals surface area contributed by atoms with Crippen LogP contribution in [0.5, 0.6) is 5.75 Å². The number of fused-ring (bicyclic) bond motifs is 1. The number of carbonyl (C=O) groups is 1. The lowest BCUT2D eigenvalue weighted by Gasteiger charge is -2.42. The van der Waals surface area contributed by atoms with E-state index in [9.17, 15) is 40.5 Å². The molecule has 2 aromatic carbocycles. The van der Waals surface area contributed by atoms with Crippen LogP contribution in [0, 0.1) is 11.8 Å². The number of rotatable bonds is 24. The molecule has 1 aliphatic rings. The fraction of sp³-hybridized carbons (Fsp3) is 0.596. The molecule has 0 aliphatic carbocycles. The SMILES string of the molecule is CCCCC[C@H](O)C=CC1=C(C[C@H](O)CO)[C@H](CCC[C@H](CCC(=O)O)NCC)N[C@@H]([C@@](C)(O)[C@H](CCCO)c2ccc(O)cc2)CC#Cc2ccccc2CC1. The van der Waals surface area contributed by atoms with Gasteiger partial charge in [0, 0.05) is 49.1 Å². The molecule has 2 aromatic rings. The van der Waals surface area contributed by atoms with Crippen LogP contribution in [-0.2, 0) is 11.2 Å². The van der Waals surface area contributed by atoms with Crippen molar-refractivity contribution in [1.82, 2.24) is 10.6 Å². The number of aromatic hydroxyl groups is 1. The quantitative estimate of drug-likeness (QED) is 0.0435. The summed E-state index contributed by atoms with van der Waals surface area (Å²) in [4.78, 5) is 11.5. The number of hydrogen-bond donors (Lipinski definition) is 9. The summed E-state index contributed by atoms with van der Waals surface area (Å²) in [5.41, 5.74) is 3.14. The third-order valence-corrected chi connectivity index (χ3v) is 11.3. The third kappa shape index (κ3) is 16.3. The maximum absolute atomic E-state index is 12.8. The molecule has 57 heavy (non-hydrogen) atoms. The van der Waals surface area contributed by atoms with Crippen molar-refractivity contribution >= 4 is 5.97 Å². The fourth-order valence-electron chi connectivity index (χ4n) is 8.05. The van der Waals surface area contributed by atoms with Crippen molar-refractivity contribution in [2.24, 2.45) is 0 Å². The van der Waals surface area contributed by atoms with Crippen LogP contribution in [-0.4, -0.2) is 97.4 Å². The first-order valence-corrected chi connectivity index (χ1v) is 21.2. The topological polar surface area (TPSA) is 183 Å². The number of carboxylic acids is 1. The number of phenolic OH excluding ortho intramolecular Hbond substituents is 1. The number of aliphatic carboxylic acids is 1. The number of aryl methyl sites for hydroxylation is 1. The van der Waals surface area contributed by atoms with Crippen molar-refractivity contribution < 1.29 is 40.5 Å². The second-order valence-electron chi connectivity index (χ2n) is 15.8. The van der Waals surface area contributed by atoms with Crippen molar-refractivity contribution in [3.05, 3.63) is 88.5 Å². The van der Waals surface area contributed by atoms with Crippen molar-refractivity contribution in [3.8, 4) is 17.6 Å². The molecule has 7 atom stereocenters. The number of phenols is 1. The Kier molecular flexibility index (Phi) is 21.6. The summed E-state index contributed by atoms with van der Waals surface area (Å²) >= 11 is 0. The highest BCUT2D eigenvalue weighted by molar-refractivity contribution is 5.66. The number of aliphatic hydroxyl groups is 5. The molecule has 0 bridgehead atoms. The van der Waals surface area contributed by atoms with Crippen molar-refractivity contribution in [1.29, 1.82) is 0 Å². The van der Waals surface area contributed by atoms with Gasteiger partial charge >= 0.3 is 5.97 Å². The first kappa shape index (κ1) is 47.8. The molecule has 0 amide bonds. The Balaban J connectivity index is 2.25. The number of unbranched alkanes of at least 4 members (excludes halogenated alkanes) is 2. The molecule has 1 heterocycles. The van der Waals surface area contributed by atoms with Crippen LogP contribution in [0.4, 0.5) is 0 Å². The highest BCUT2D eigenvalue weighted by Crippen LogP contribution is 2.38. The van der Waals surface area contributed by atoms with E-state index >= 15 is 0 Å². The lowest BCUT2D eigenvalue weighted by atomic mass is 9.74. The van der Waals surface area contributed by atoms with Gasteiger partial charge in [-0.1, -0.05) is 93.9 Å². The van der Waals surface area contributed by atoms with Crippen LogP contribution in [0.2, 0.25) is 0 Å². The molecule has 316 valence electrons. The Morgan fingerprint density at radius 3 is 2.42 bits per heavy atom. The molecule has 3 rings (SSSR count). The molecule has 1 aliphatic heterocycles. The van der Waals surface area contributed by atoms with E-state index in [1.54, 1.807) is 31.2 Å². The van der Waals surface area contributed by atoms with Gasteiger partial charge in [0.1, 0.15) is 5.75 Å². The van der Waals surface area contributed by atoms with Gasteiger partial charge in [-0.2, -0.15) is 0 Å². The van der Waals surface area contributed by atoms with Crippen LogP contribution >= 0.6 is 0 Å². The first-order valence-electron chi connectivity index (χ1n) is 21.2. The van der Waals surface area contributed by atoms with Gasteiger partial charge in [0.25, 0.3) is 0 Å². The van der Waals surface area contributed by atoms with Crippen LogP contribution in [0.3, 0.4) is 0 Å². The predicted octanol–water partition coefficient (Wildman–Crippen LogP) is 6.26. The molecule has 0 fully saturated rings.